The second-order valence-electron chi connectivity index (χ2n) is 3.36. The van der Waals surface area contributed by atoms with E-state index in [0.29, 0.717) is 13.0 Å². The zero-order valence-electron chi connectivity index (χ0n) is 9.00. The van der Waals surface area contributed by atoms with E-state index in [1.807, 2.05) is 23.8 Å². The molecule has 1 heterocycles. The first kappa shape index (κ1) is 13.6. The van der Waals surface area contributed by atoms with E-state index in [9.17, 15) is 8.42 Å². The van der Waals surface area contributed by atoms with Crippen LogP contribution in [0, 0.1) is 6.61 Å². The fourth-order valence-corrected chi connectivity index (χ4v) is 2.94. The molecule has 1 radical (unpaired) electrons. The quantitative estimate of drug-likeness (QED) is 0.605. The van der Waals surface area contributed by atoms with Gasteiger partial charge in [0.1, 0.15) is 0 Å². The van der Waals surface area contributed by atoms with Gasteiger partial charge in [-0.3, -0.25) is 4.55 Å². The van der Waals surface area contributed by atoms with Gasteiger partial charge in [0.05, 0.1) is 12.4 Å². The summed E-state index contributed by atoms with van der Waals surface area (Å²) in [7, 11) is -3.96. The summed E-state index contributed by atoms with van der Waals surface area (Å²) >= 11 is 1.50. The molecule has 1 N–H and O–H groups in total. The van der Waals surface area contributed by atoms with Crippen LogP contribution in [0.15, 0.2) is 16.8 Å². The number of ether oxygens (including phenoxy) is 1. The van der Waals surface area contributed by atoms with Crippen molar-refractivity contribution in [3.05, 3.63) is 29.0 Å². The van der Waals surface area contributed by atoms with Gasteiger partial charge in [0.25, 0.3) is 10.1 Å². The molecule has 0 saturated heterocycles. The molecule has 1 atom stereocenters. The highest BCUT2D eigenvalue weighted by Gasteiger charge is 2.19. The molecule has 0 aliphatic carbocycles. The molecule has 1 aromatic rings. The zero-order chi connectivity index (χ0) is 12.0. The van der Waals surface area contributed by atoms with Crippen LogP contribution in [0.4, 0.5) is 0 Å². The van der Waals surface area contributed by atoms with Crippen molar-refractivity contribution in [2.45, 2.75) is 19.3 Å². The average Bonchev–Trinajstić information content (AvgIpc) is 2.67. The van der Waals surface area contributed by atoms with E-state index in [-0.39, 0.29) is 11.7 Å². The third-order valence-corrected chi connectivity index (χ3v) is 3.62. The Labute approximate surface area is 100 Å². The molecule has 16 heavy (non-hydrogen) atoms. The molecular weight excluding hydrogens is 248 g/mol. The van der Waals surface area contributed by atoms with Crippen molar-refractivity contribution in [3.8, 4) is 0 Å². The maximum Gasteiger partial charge on any atom is 0.265 e. The molecule has 0 saturated carbocycles. The van der Waals surface area contributed by atoms with Crippen molar-refractivity contribution < 1.29 is 17.7 Å². The maximum atomic E-state index is 10.9. The van der Waals surface area contributed by atoms with Crippen LogP contribution in [-0.2, 0) is 14.9 Å². The molecule has 1 unspecified atom stereocenters. The van der Waals surface area contributed by atoms with Gasteiger partial charge >= 0.3 is 0 Å². The van der Waals surface area contributed by atoms with Crippen molar-refractivity contribution in [1.82, 2.24) is 0 Å². The van der Waals surface area contributed by atoms with Crippen LogP contribution in [0.3, 0.4) is 0 Å². The fraction of sp³-hybridized carbons (Fsp3) is 0.500. The molecule has 0 aliphatic heterocycles. The Hall–Kier alpha value is -0.430. The smallest absolute Gasteiger partial charge is 0.265 e. The number of thiophene rings is 1. The number of hydrogen-bond acceptors (Lipinski definition) is 4. The lowest BCUT2D eigenvalue weighted by Crippen LogP contribution is -2.14. The van der Waals surface area contributed by atoms with E-state index in [1.54, 1.807) is 6.61 Å². The van der Waals surface area contributed by atoms with Gasteiger partial charge in [-0.1, -0.05) is 0 Å². The lowest BCUT2D eigenvalue weighted by Gasteiger charge is -2.13. The average molecular weight is 263 g/mol. The topological polar surface area (TPSA) is 63.6 Å². The standard InChI is InChI=1S/C10H15O4S2/c1-2-14-5-3-10(8-16(11,12)13)9-4-6-15-7-9/h4-7,10H,2-3,8H2,1H3,(H,11,12,13). The van der Waals surface area contributed by atoms with Crippen LogP contribution in [0.25, 0.3) is 0 Å². The van der Waals surface area contributed by atoms with Crippen LogP contribution < -0.4 is 0 Å². The minimum atomic E-state index is -3.96. The molecule has 0 aliphatic rings. The van der Waals surface area contributed by atoms with Crippen LogP contribution in [0.5, 0.6) is 0 Å². The molecule has 0 bridgehead atoms. The molecular formula is C10H15O4S2. The molecule has 1 rings (SSSR count). The minimum Gasteiger partial charge on any atom is -0.376 e. The summed E-state index contributed by atoms with van der Waals surface area (Å²) in [5.74, 6) is -0.513. The van der Waals surface area contributed by atoms with Gasteiger partial charge in [0, 0.05) is 12.5 Å². The van der Waals surface area contributed by atoms with Crippen molar-refractivity contribution in [2.24, 2.45) is 0 Å². The van der Waals surface area contributed by atoms with E-state index < -0.39 is 10.1 Å². The molecule has 91 valence electrons. The lowest BCUT2D eigenvalue weighted by molar-refractivity contribution is 0.204. The van der Waals surface area contributed by atoms with Gasteiger partial charge in [-0.25, -0.2) is 0 Å². The third kappa shape index (κ3) is 5.07. The zero-order valence-corrected chi connectivity index (χ0v) is 10.6. The van der Waals surface area contributed by atoms with Gasteiger partial charge < -0.3 is 4.74 Å². The minimum absolute atomic E-state index is 0.243. The van der Waals surface area contributed by atoms with Gasteiger partial charge in [-0.2, -0.15) is 19.8 Å². The van der Waals surface area contributed by atoms with E-state index in [2.05, 4.69) is 0 Å². The number of hydrogen-bond donors (Lipinski definition) is 1. The molecule has 4 nitrogen and oxygen atoms in total. The van der Waals surface area contributed by atoms with Crippen molar-refractivity contribution in [3.63, 3.8) is 0 Å². The van der Waals surface area contributed by atoms with E-state index >= 15 is 0 Å². The highest BCUT2D eigenvalue weighted by Crippen LogP contribution is 2.24. The summed E-state index contributed by atoms with van der Waals surface area (Å²) in [4.78, 5) is 0. The predicted octanol–water partition coefficient (Wildman–Crippen LogP) is 2.31. The molecule has 6 heteroatoms. The first-order chi connectivity index (χ1) is 7.53. The summed E-state index contributed by atoms with van der Waals surface area (Å²) in [6, 6.07) is 1.86. The van der Waals surface area contributed by atoms with Crippen LogP contribution in [0.2, 0.25) is 0 Å². The highest BCUT2D eigenvalue weighted by molar-refractivity contribution is 7.85. The highest BCUT2D eigenvalue weighted by atomic mass is 32.2. The van der Waals surface area contributed by atoms with Crippen LogP contribution in [0.1, 0.15) is 24.8 Å². The Bertz CT molecular complexity index is 383. The predicted molar refractivity (Wildman–Crippen MR) is 64.0 cm³/mol. The summed E-state index contributed by atoms with van der Waals surface area (Å²) in [5.41, 5.74) is 0.915. The summed E-state index contributed by atoms with van der Waals surface area (Å²) in [6.45, 7) is 4.01. The Morgan fingerprint density at radius 3 is 2.88 bits per heavy atom. The Morgan fingerprint density at radius 2 is 2.38 bits per heavy atom. The molecule has 0 spiro atoms. The summed E-state index contributed by atoms with van der Waals surface area (Å²) in [6.07, 6.45) is 0.477. The first-order valence-electron chi connectivity index (χ1n) is 4.93. The SMILES string of the molecule is CCO[CH]CC(CS(=O)(=O)O)c1ccsc1. The Kier molecular flexibility index (Phi) is 5.40. The second-order valence-corrected chi connectivity index (χ2v) is 5.64. The molecule has 0 amide bonds. The Balaban J connectivity index is 2.63. The third-order valence-electron chi connectivity index (χ3n) is 2.09. The molecule has 0 aromatic carbocycles. The van der Waals surface area contributed by atoms with Gasteiger partial charge in [-0.15, -0.1) is 0 Å². The molecule has 0 fully saturated rings. The lowest BCUT2D eigenvalue weighted by atomic mass is 10.0. The summed E-state index contributed by atoms with van der Waals surface area (Å²) < 4.78 is 35.7. The van der Waals surface area contributed by atoms with Crippen LogP contribution >= 0.6 is 11.3 Å². The first-order valence-corrected chi connectivity index (χ1v) is 7.48. The van der Waals surface area contributed by atoms with Crippen molar-refractivity contribution in [2.75, 3.05) is 12.4 Å². The monoisotopic (exact) mass is 263 g/mol. The normalized spacial score (nSPS) is 13.9. The largest absolute Gasteiger partial charge is 0.376 e. The van der Waals surface area contributed by atoms with Crippen molar-refractivity contribution >= 4 is 21.5 Å². The second kappa shape index (κ2) is 6.34. The number of rotatable bonds is 7. The van der Waals surface area contributed by atoms with Gasteiger partial charge in [0.2, 0.25) is 0 Å². The van der Waals surface area contributed by atoms with E-state index in [0.717, 1.165) is 5.56 Å². The maximum absolute atomic E-state index is 10.9. The van der Waals surface area contributed by atoms with Crippen molar-refractivity contribution in [1.29, 1.82) is 0 Å². The van der Waals surface area contributed by atoms with Gasteiger partial charge in [-0.05, 0) is 35.7 Å². The van der Waals surface area contributed by atoms with E-state index in [4.69, 9.17) is 9.29 Å². The van der Waals surface area contributed by atoms with Gasteiger partial charge in [0.15, 0.2) is 0 Å². The molecule has 1 aromatic heterocycles. The summed E-state index contributed by atoms with van der Waals surface area (Å²) in [5, 5.41) is 3.77. The fourth-order valence-electron chi connectivity index (χ4n) is 1.36. The van der Waals surface area contributed by atoms with E-state index in [1.165, 1.54) is 11.3 Å². The van der Waals surface area contributed by atoms with Crippen LogP contribution in [-0.4, -0.2) is 25.3 Å². The Morgan fingerprint density at radius 1 is 1.62 bits per heavy atom.